The lowest BCUT2D eigenvalue weighted by molar-refractivity contribution is 0.0924. The molecule has 1 aromatic carbocycles. The van der Waals surface area contributed by atoms with Crippen LogP contribution in [0.5, 0.6) is 11.6 Å². The van der Waals surface area contributed by atoms with Gasteiger partial charge < -0.3 is 19.4 Å². The molecule has 1 amide bonds. The summed E-state index contributed by atoms with van der Waals surface area (Å²) in [5.74, 6) is 1.31. The molecule has 0 aliphatic carbocycles. The number of hydrogen-bond acceptors (Lipinski definition) is 5. The van der Waals surface area contributed by atoms with E-state index in [1.54, 1.807) is 18.5 Å². The molecule has 1 N–H and O–H groups in total. The first-order valence-electron chi connectivity index (χ1n) is 9.59. The minimum Gasteiger partial charge on any atom is -0.491 e. The van der Waals surface area contributed by atoms with Crippen LogP contribution in [-0.4, -0.2) is 34.2 Å². The van der Waals surface area contributed by atoms with Crippen LogP contribution in [0.25, 0.3) is 5.69 Å². The molecule has 4 rings (SSSR count). The minimum absolute atomic E-state index is 0.208. The van der Waals surface area contributed by atoms with Crippen molar-refractivity contribution in [3.63, 3.8) is 0 Å². The number of rotatable bonds is 5. The number of nitrogens with zero attached hydrogens (tertiary/aromatic N) is 3. The number of benzene rings is 1. The summed E-state index contributed by atoms with van der Waals surface area (Å²) in [4.78, 5) is 21.5. The van der Waals surface area contributed by atoms with Crippen LogP contribution in [-0.2, 0) is 0 Å². The van der Waals surface area contributed by atoms with Crippen LogP contribution in [0, 0.1) is 6.92 Å². The number of aryl methyl sites for hydroxylation is 1. The molecule has 7 heteroatoms. The Morgan fingerprint density at radius 1 is 1.31 bits per heavy atom. The molecule has 1 aliphatic heterocycles. The summed E-state index contributed by atoms with van der Waals surface area (Å²) in [5.41, 5.74) is 4.11. The first-order valence-corrected chi connectivity index (χ1v) is 9.59. The van der Waals surface area contributed by atoms with Crippen molar-refractivity contribution in [1.82, 2.24) is 19.9 Å². The Morgan fingerprint density at radius 3 is 2.83 bits per heavy atom. The Morgan fingerprint density at radius 2 is 2.14 bits per heavy atom. The fraction of sp³-hybridized carbons (Fsp3) is 0.318. The van der Waals surface area contributed by atoms with Crippen molar-refractivity contribution in [3.8, 4) is 17.3 Å². The number of fused-ring (bicyclic) bond motifs is 1. The van der Waals surface area contributed by atoms with Gasteiger partial charge in [-0.15, -0.1) is 0 Å². The Kier molecular flexibility index (Phi) is 4.96. The second kappa shape index (κ2) is 7.58. The van der Waals surface area contributed by atoms with Crippen molar-refractivity contribution >= 4 is 5.91 Å². The molecule has 7 nitrogen and oxygen atoms in total. The Hall–Kier alpha value is -3.35. The zero-order valence-electron chi connectivity index (χ0n) is 17.0. The number of amides is 1. The molecule has 0 unspecified atom stereocenters. The number of imidazole rings is 1. The molecule has 1 atom stereocenters. The van der Waals surface area contributed by atoms with E-state index >= 15 is 0 Å². The molecule has 0 bridgehead atoms. The van der Waals surface area contributed by atoms with Gasteiger partial charge in [-0.25, -0.2) is 9.97 Å². The van der Waals surface area contributed by atoms with Crippen molar-refractivity contribution in [2.24, 2.45) is 0 Å². The van der Waals surface area contributed by atoms with Gasteiger partial charge in [0.25, 0.3) is 5.91 Å². The van der Waals surface area contributed by atoms with Crippen LogP contribution in [0.2, 0.25) is 0 Å². The Bertz CT molecular complexity index is 1060. The normalized spacial score (nSPS) is 15.1. The van der Waals surface area contributed by atoms with E-state index in [1.807, 2.05) is 23.8 Å². The van der Waals surface area contributed by atoms with E-state index in [1.165, 1.54) is 12.7 Å². The number of nitrogens with one attached hydrogen (secondary N) is 1. The number of carbonyl (C=O) groups is 1. The molecule has 0 saturated heterocycles. The van der Waals surface area contributed by atoms with Gasteiger partial charge >= 0.3 is 0 Å². The lowest BCUT2D eigenvalue weighted by Crippen LogP contribution is -2.30. The lowest BCUT2D eigenvalue weighted by atomic mass is 9.98. The van der Waals surface area contributed by atoms with Crippen molar-refractivity contribution in [2.45, 2.75) is 32.7 Å². The van der Waals surface area contributed by atoms with Crippen molar-refractivity contribution in [3.05, 3.63) is 65.4 Å². The van der Waals surface area contributed by atoms with Gasteiger partial charge in [0.15, 0.2) is 0 Å². The maximum absolute atomic E-state index is 12.8. The predicted molar refractivity (Wildman–Crippen MR) is 109 cm³/mol. The highest BCUT2D eigenvalue weighted by atomic mass is 16.5. The number of pyridine rings is 1. The summed E-state index contributed by atoms with van der Waals surface area (Å²) in [5, 5.41) is 3.03. The number of ether oxygens (including phenoxy) is 2. The van der Waals surface area contributed by atoms with E-state index in [-0.39, 0.29) is 17.6 Å². The lowest BCUT2D eigenvalue weighted by Gasteiger charge is -2.14. The molecular weight excluding hydrogens is 368 g/mol. The predicted octanol–water partition coefficient (Wildman–Crippen LogP) is 3.57. The zero-order chi connectivity index (χ0) is 20.5. The molecule has 1 aliphatic rings. The second-order valence-electron chi connectivity index (χ2n) is 7.44. The molecule has 0 radical (unpaired) electrons. The van der Waals surface area contributed by atoms with Crippen LogP contribution >= 0.6 is 0 Å². The highest BCUT2D eigenvalue weighted by Gasteiger charge is 2.27. The van der Waals surface area contributed by atoms with Crippen LogP contribution in [0.15, 0.2) is 42.9 Å². The van der Waals surface area contributed by atoms with Gasteiger partial charge in [-0.2, -0.15) is 0 Å². The summed E-state index contributed by atoms with van der Waals surface area (Å²) in [6.45, 7) is 6.60. The summed E-state index contributed by atoms with van der Waals surface area (Å²) < 4.78 is 13.0. The van der Waals surface area contributed by atoms with Gasteiger partial charge in [-0.3, -0.25) is 4.79 Å². The van der Waals surface area contributed by atoms with Crippen LogP contribution in [0.4, 0.5) is 0 Å². The highest BCUT2D eigenvalue weighted by Crippen LogP contribution is 2.35. The van der Waals surface area contributed by atoms with Gasteiger partial charge in [-0.1, -0.05) is 19.9 Å². The Labute approximate surface area is 169 Å². The number of hydrogen-bond donors (Lipinski definition) is 1. The summed E-state index contributed by atoms with van der Waals surface area (Å²) in [7, 11) is 1.53. The standard InChI is InChI=1S/C22H24N4O3/c1-13(2)15-5-8-20-16(9-15)18(11-29-20)24-21(27)17-6-7-19(22(25-17)28-4)26-10-14(3)23-12-26/h5-10,12-13,18H,11H2,1-4H3,(H,24,27)/t18-/m0/s1. The topological polar surface area (TPSA) is 78.3 Å². The van der Waals surface area contributed by atoms with E-state index in [9.17, 15) is 4.79 Å². The van der Waals surface area contributed by atoms with Gasteiger partial charge in [0.1, 0.15) is 23.7 Å². The van der Waals surface area contributed by atoms with E-state index in [0.717, 1.165) is 22.7 Å². The molecule has 29 heavy (non-hydrogen) atoms. The summed E-state index contributed by atoms with van der Waals surface area (Å²) in [6.07, 6.45) is 3.56. The Balaban J connectivity index is 1.56. The largest absolute Gasteiger partial charge is 0.491 e. The molecule has 3 heterocycles. The first kappa shape index (κ1) is 19.0. The van der Waals surface area contributed by atoms with Crippen molar-refractivity contribution < 1.29 is 14.3 Å². The molecule has 0 fully saturated rings. The van der Waals surface area contributed by atoms with E-state index in [2.05, 4.69) is 41.3 Å². The van der Waals surface area contributed by atoms with Gasteiger partial charge in [0.2, 0.25) is 5.88 Å². The SMILES string of the molecule is COc1nc(C(=O)N[C@H]2COc3ccc(C(C)C)cc32)ccc1-n1cnc(C)c1. The van der Waals surface area contributed by atoms with Gasteiger partial charge in [0, 0.05) is 11.8 Å². The van der Waals surface area contributed by atoms with E-state index in [4.69, 9.17) is 9.47 Å². The third-order valence-corrected chi connectivity index (χ3v) is 5.04. The van der Waals surface area contributed by atoms with Crippen LogP contribution in [0.3, 0.4) is 0 Å². The van der Waals surface area contributed by atoms with E-state index < -0.39 is 0 Å². The quantitative estimate of drug-likeness (QED) is 0.718. The molecule has 150 valence electrons. The maximum atomic E-state index is 12.8. The zero-order valence-corrected chi connectivity index (χ0v) is 17.0. The van der Waals surface area contributed by atoms with Crippen LogP contribution in [0.1, 0.15) is 53.1 Å². The third-order valence-electron chi connectivity index (χ3n) is 5.04. The van der Waals surface area contributed by atoms with Gasteiger partial charge in [0.05, 0.1) is 25.2 Å². The minimum atomic E-state index is -0.270. The third kappa shape index (κ3) is 3.68. The number of aromatic nitrogens is 3. The average Bonchev–Trinajstić information content (AvgIpc) is 3.33. The smallest absolute Gasteiger partial charge is 0.270 e. The molecule has 0 saturated carbocycles. The van der Waals surface area contributed by atoms with E-state index in [0.29, 0.717) is 18.4 Å². The fourth-order valence-electron chi connectivity index (χ4n) is 3.40. The monoisotopic (exact) mass is 392 g/mol. The van der Waals surface area contributed by atoms with Crippen molar-refractivity contribution in [1.29, 1.82) is 0 Å². The fourth-order valence-corrected chi connectivity index (χ4v) is 3.40. The van der Waals surface area contributed by atoms with Crippen LogP contribution < -0.4 is 14.8 Å². The average molecular weight is 392 g/mol. The molecule has 0 spiro atoms. The second-order valence-corrected chi connectivity index (χ2v) is 7.44. The summed E-state index contributed by atoms with van der Waals surface area (Å²) in [6, 6.07) is 9.43. The first-order chi connectivity index (χ1) is 14.0. The summed E-state index contributed by atoms with van der Waals surface area (Å²) >= 11 is 0. The molecule has 2 aromatic heterocycles. The number of carbonyl (C=O) groups excluding carboxylic acids is 1. The molecule has 3 aromatic rings. The maximum Gasteiger partial charge on any atom is 0.270 e. The molecular formula is C22H24N4O3. The number of methoxy groups -OCH3 is 1. The van der Waals surface area contributed by atoms with Gasteiger partial charge in [-0.05, 0) is 42.7 Å². The van der Waals surface area contributed by atoms with Crippen molar-refractivity contribution in [2.75, 3.05) is 13.7 Å². The highest BCUT2D eigenvalue weighted by molar-refractivity contribution is 5.93.